The van der Waals surface area contributed by atoms with Crippen LogP contribution < -0.4 is 25.9 Å². The van der Waals surface area contributed by atoms with Gasteiger partial charge in [0, 0.05) is 71.9 Å². The summed E-state index contributed by atoms with van der Waals surface area (Å²) in [4.78, 5) is 24.1. The molecule has 10 heteroatoms. The number of para-hydroxylation sites is 1. The number of nitrogens with zero attached hydrogens (tertiary/aromatic N) is 5. The second-order valence-electron chi connectivity index (χ2n) is 11.0. The predicted octanol–water partition coefficient (Wildman–Crippen LogP) is 6.85. The molecular weight excluding hydrogens is 564 g/mol. The predicted molar refractivity (Wildman–Crippen MR) is 182 cm³/mol. The fourth-order valence-corrected chi connectivity index (χ4v) is 5.07. The molecule has 1 amide bonds. The van der Waals surface area contributed by atoms with Crippen molar-refractivity contribution in [2.24, 2.45) is 5.10 Å². The van der Waals surface area contributed by atoms with Crippen molar-refractivity contribution in [3.8, 4) is 11.3 Å². The Morgan fingerprint density at radius 1 is 0.844 bits per heavy atom. The zero-order chi connectivity index (χ0) is 31.3. The molecule has 0 saturated carbocycles. The number of aliphatic hydroxyl groups excluding tert-OH is 1. The van der Waals surface area contributed by atoms with Gasteiger partial charge in [0.1, 0.15) is 12.1 Å². The monoisotopic (exact) mass is 598 g/mol. The van der Waals surface area contributed by atoms with Gasteiger partial charge in [0.05, 0.1) is 11.4 Å². The average Bonchev–Trinajstić information content (AvgIpc) is 3.39. The number of aromatic nitrogens is 2. The number of carbonyl (C=O) groups excluding carboxylic acids is 1. The lowest BCUT2D eigenvalue weighted by Crippen LogP contribution is -2.25. The Labute approximate surface area is 262 Å². The number of hydrogen-bond acceptors (Lipinski definition) is 9. The first-order valence-electron chi connectivity index (χ1n) is 14.6. The molecule has 1 atom stereocenters. The van der Waals surface area contributed by atoms with E-state index in [0.717, 1.165) is 45.4 Å². The van der Waals surface area contributed by atoms with Gasteiger partial charge in [-0.1, -0.05) is 30.3 Å². The molecule has 0 aliphatic carbocycles. The third-order valence-electron chi connectivity index (χ3n) is 7.34. The molecule has 0 saturated heterocycles. The third kappa shape index (κ3) is 6.92. The number of anilines is 7. The summed E-state index contributed by atoms with van der Waals surface area (Å²) < 4.78 is 0. The van der Waals surface area contributed by atoms with Crippen molar-refractivity contribution in [1.29, 1.82) is 0 Å². The molecule has 4 N–H and O–H groups in total. The van der Waals surface area contributed by atoms with Crippen LogP contribution in [0.1, 0.15) is 23.7 Å². The van der Waals surface area contributed by atoms with E-state index in [9.17, 15) is 9.90 Å². The minimum atomic E-state index is -0.691. The highest BCUT2D eigenvalue weighted by Gasteiger charge is 2.23. The largest absolute Gasteiger partial charge is 0.378 e. The second kappa shape index (κ2) is 12.9. The summed E-state index contributed by atoms with van der Waals surface area (Å²) in [5, 5.41) is 26.0. The molecule has 0 bridgehead atoms. The van der Waals surface area contributed by atoms with E-state index in [1.165, 1.54) is 0 Å². The molecule has 1 aliphatic heterocycles. The fourth-order valence-electron chi connectivity index (χ4n) is 5.07. The normalized spacial score (nSPS) is 14.1. The van der Waals surface area contributed by atoms with Gasteiger partial charge in [-0.2, -0.15) is 5.10 Å². The molecule has 1 unspecified atom stereocenters. The van der Waals surface area contributed by atoms with Crippen LogP contribution in [0.2, 0.25) is 0 Å². The number of rotatable bonds is 9. The number of nitrogens with one attached hydrogen (secondary N) is 3. The number of carbonyl (C=O) groups is 1. The van der Waals surface area contributed by atoms with Gasteiger partial charge in [-0.25, -0.2) is 15.0 Å². The van der Waals surface area contributed by atoms with Gasteiger partial charge < -0.3 is 26.0 Å². The van der Waals surface area contributed by atoms with Crippen LogP contribution in [0.3, 0.4) is 0 Å². The first kappa shape index (κ1) is 29.3. The van der Waals surface area contributed by atoms with Crippen LogP contribution in [0, 0.1) is 0 Å². The van der Waals surface area contributed by atoms with E-state index in [1.54, 1.807) is 35.6 Å². The highest BCUT2D eigenvalue weighted by atomic mass is 16.3. The van der Waals surface area contributed by atoms with Crippen LogP contribution in [-0.4, -0.2) is 47.0 Å². The van der Waals surface area contributed by atoms with Crippen LogP contribution in [-0.2, 0) is 0 Å². The van der Waals surface area contributed by atoms with Crippen molar-refractivity contribution in [3.05, 3.63) is 115 Å². The van der Waals surface area contributed by atoms with E-state index in [1.807, 2.05) is 87.7 Å². The summed E-state index contributed by atoms with van der Waals surface area (Å²) >= 11 is 0. The van der Waals surface area contributed by atoms with Gasteiger partial charge in [-0.3, -0.25) is 4.79 Å². The number of aliphatic hydroxyl groups is 1. The Morgan fingerprint density at radius 3 is 2.33 bits per heavy atom. The number of hydrogen-bond donors (Lipinski definition) is 4. The van der Waals surface area contributed by atoms with Gasteiger partial charge in [-0.05, 0) is 73.7 Å². The SMILES string of the molecule is CC1=NN(c2ccc(C(=O)Nc3cccc(Nc4ccccc4-c4cc(Nc5cccc(N(C)C)c5)ncn4)c3)cc2)C(O)C1. The summed E-state index contributed by atoms with van der Waals surface area (Å²) in [5.74, 6) is 0.445. The average molecular weight is 599 g/mol. The summed E-state index contributed by atoms with van der Waals surface area (Å²) in [6.45, 7) is 1.88. The van der Waals surface area contributed by atoms with E-state index < -0.39 is 6.23 Å². The number of benzene rings is 4. The molecule has 1 aromatic heterocycles. The topological polar surface area (TPSA) is 118 Å². The van der Waals surface area contributed by atoms with Crippen LogP contribution in [0.4, 0.5) is 39.9 Å². The second-order valence-corrected chi connectivity index (χ2v) is 11.0. The standard InChI is InChI=1S/C35H34N8O2/c1-23-18-34(44)43(41-23)28-16-14-24(15-17-28)35(45)40-26-9-6-8-25(19-26)38-31-13-5-4-12-30(31)32-21-33(37-22-36-32)39-27-10-7-11-29(20-27)42(2)3/h4-17,19-22,34,38,44H,18H2,1-3H3,(H,40,45)(H,36,37,39). The smallest absolute Gasteiger partial charge is 0.255 e. The van der Waals surface area contributed by atoms with Gasteiger partial charge in [0.2, 0.25) is 0 Å². The van der Waals surface area contributed by atoms with Gasteiger partial charge in [0.25, 0.3) is 5.91 Å². The van der Waals surface area contributed by atoms with Crippen molar-refractivity contribution in [2.75, 3.05) is 40.0 Å². The Kier molecular flexibility index (Phi) is 8.39. The highest BCUT2D eigenvalue weighted by molar-refractivity contribution is 6.04. The lowest BCUT2D eigenvalue weighted by molar-refractivity contribution is 0.102. The van der Waals surface area contributed by atoms with Gasteiger partial charge in [0.15, 0.2) is 6.23 Å². The molecule has 2 heterocycles. The van der Waals surface area contributed by atoms with Crippen molar-refractivity contribution in [2.45, 2.75) is 19.6 Å². The summed E-state index contributed by atoms with van der Waals surface area (Å²) in [7, 11) is 4.01. The van der Waals surface area contributed by atoms with Crippen LogP contribution in [0.15, 0.2) is 115 Å². The minimum Gasteiger partial charge on any atom is -0.378 e. The zero-order valence-corrected chi connectivity index (χ0v) is 25.3. The maximum absolute atomic E-state index is 13.0. The molecule has 45 heavy (non-hydrogen) atoms. The molecule has 1 aliphatic rings. The van der Waals surface area contributed by atoms with E-state index >= 15 is 0 Å². The third-order valence-corrected chi connectivity index (χ3v) is 7.34. The van der Waals surface area contributed by atoms with Gasteiger partial charge >= 0.3 is 0 Å². The Morgan fingerprint density at radius 2 is 1.58 bits per heavy atom. The lowest BCUT2D eigenvalue weighted by atomic mass is 10.1. The molecule has 0 radical (unpaired) electrons. The van der Waals surface area contributed by atoms with Crippen molar-refractivity contribution in [3.63, 3.8) is 0 Å². The maximum Gasteiger partial charge on any atom is 0.255 e. The zero-order valence-electron chi connectivity index (χ0n) is 25.3. The minimum absolute atomic E-state index is 0.238. The molecule has 5 aromatic rings. The summed E-state index contributed by atoms with van der Waals surface area (Å²) in [5.41, 5.74) is 8.08. The molecule has 10 nitrogen and oxygen atoms in total. The van der Waals surface area contributed by atoms with Crippen LogP contribution >= 0.6 is 0 Å². The summed E-state index contributed by atoms with van der Waals surface area (Å²) in [6, 6.07) is 32.5. The first-order chi connectivity index (χ1) is 21.8. The number of amides is 1. The van der Waals surface area contributed by atoms with E-state index in [-0.39, 0.29) is 5.91 Å². The molecule has 4 aromatic carbocycles. The van der Waals surface area contributed by atoms with Crippen LogP contribution in [0.25, 0.3) is 11.3 Å². The lowest BCUT2D eigenvalue weighted by Gasteiger charge is -2.19. The molecule has 6 rings (SSSR count). The van der Waals surface area contributed by atoms with E-state index in [2.05, 4.69) is 48.1 Å². The van der Waals surface area contributed by atoms with E-state index in [0.29, 0.717) is 23.5 Å². The van der Waals surface area contributed by atoms with E-state index in [4.69, 9.17) is 0 Å². The van der Waals surface area contributed by atoms with Crippen LogP contribution in [0.5, 0.6) is 0 Å². The molecule has 226 valence electrons. The Balaban J connectivity index is 1.16. The van der Waals surface area contributed by atoms with Crippen molar-refractivity contribution < 1.29 is 9.90 Å². The molecule has 0 fully saturated rings. The Bertz CT molecular complexity index is 1860. The maximum atomic E-state index is 13.0. The summed E-state index contributed by atoms with van der Waals surface area (Å²) in [6.07, 6.45) is 1.36. The number of hydrazone groups is 1. The van der Waals surface area contributed by atoms with Gasteiger partial charge in [-0.15, -0.1) is 0 Å². The fraction of sp³-hybridized carbons (Fsp3) is 0.143. The molecular formula is C35H34N8O2. The Hall–Kier alpha value is -5.74. The highest BCUT2D eigenvalue weighted by Crippen LogP contribution is 2.31. The van der Waals surface area contributed by atoms with Crippen molar-refractivity contribution >= 4 is 51.6 Å². The molecule has 0 spiro atoms. The quantitative estimate of drug-likeness (QED) is 0.145. The van der Waals surface area contributed by atoms with Crippen molar-refractivity contribution in [1.82, 2.24) is 9.97 Å². The first-order valence-corrected chi connectivity index (χ1v) is 14.6.